The van der Waals surface area contributed by atoms with Crippen molar-refractivity contribution in [2.75, 3.05) is 26.2 Å². The molecule has 0 unspecified atom stereocenters. The number of nitrogens with zero attached hydrogens (tertiary/aromatic N) is 3. The monoisotopic (exact) mass is 422 g/mol. The number of carboxylic acids is 1. The highest BCUT2D eigenvalue weighted by Gasteiger charge is 2.40. The molecular weight excluding hydrogens is 396 g/mol. The molecule has 2 aromatic rings. The number of amides is 1. The summed E-state index contributed by atoms with van der Waals surface area (Å²) in [6, 6.07) is 2.05. The van der Waals surface area contributed by atoms with Gasteiger partial charge in [-0.25, -0.2) is 0 Å². The summed E-state index contributed by atoms with van der Waals surface area (Å²) in [6.07, 6.45) is 4.34. The van der Waals surface area contributed by atoms with Crippen molar-refractivity contribution in [1.29, 1.82) is 0 Å². The minimum Gasteiger partial charge on any atom is -0.481 e. The molecule has 2 aromatic heterocycles. The molecule has 158 valence electrons. The van der Waals surface area contributed by atoms with Gasteiger partial charge in [-0.3, -0.25) is 9.59 Å². The van der Waals surface area contributed by atoms with Crippen LogP contribution < -0.4 is 10.6 Å². The van der Waals surface area contributed by atoms with Crippen molar-refractivity contribution in [3.05, 3.63) is 27.2 Å². The Hall–Kier alpha value is -2.37. The van der Waals surface area contributed by atoms with Crippen LogP contribution in [0.15, 0.2) is 6.07 Å². The number of aryl methyl sites for hydroxylation is 1. The van der Waals surface area contributed by atoms with Gasteiger partial charge in [0.05, 0.1) is 17.1 Å². The van der Waals surface area contributed by atoms with E-state index in [9.17, 15) is 4.79 Å². The number of ether oxygens (including phenoxy) is 1. The standard InChI is InChI=1S/C16H22N6O2S.C2H4O2/c23-15(18-6-1-2-14-19-21-22-20-14)13-10-11-12(25-13)3-9-24-16(11)4-7-17-8-5-16;1-2(3)4/h10,17H,1-9H2,(H,18,23)(H,19,20,21,22);1H3,(H,3,4). The number of fused-ring (bicyclic) bond motifs is 2. The fourth-order valence-corrected chi connectivity index (χ4v) is 4.74. The number of tetrazole rings is 1. The van der Waals surface area contributed by atoms with Crippen molar-refractivity contribution >= 4 is 23.2 Å². The third-order valence-electron chi connectivity index (χ3n) is 4.89. The second kappa shape index (κ2) is 9.90. The van der Waals surface area contributed by atoms with E-state index in [4.69, 9.17) is 14.6 Å². The van der Waals surface area contributed by atoms with E-state index in [0.29, 0.717) is 18.8 Å². The van der Waals surface area contributed by atoms with E-state index in [1.807, 2.05) is 0 Å². The van der Waals surface area contributed by atoms with E-state index in [2.05, 4.69) is 37.3 Å². The second-order valence-corrected chi connectivity index (χ2v) is 8.13. The van der Waals surface area contributed by atoms with E-state index < -0.39 is 5.97 Å². The van der Waals surface area contributed by atoms with Gasteiger partial charge in [-0.1, -0.05) is 5.21 Å². The first-order chi connectivity index (χ1) is 14.0. The molecule has 2 aliphatic rings. The van der Waals surface area contributed by atoms with E-state index >= 15 is 0 Å². The third kappa shape index (κ3) is 5.58. The summed E-state index contributed by atoms with van der Waals surface area (Å²) < 4.78 is 6.18. The van der Waals surface area contributed by atoms with Gasteiger partial charge in [0.1, 0.15) is 0 Å². The number of aliphatic carboxylic acids is 1. The molecule has 4 N–H and O–H groups in total. The quantitative estimate of drug-likeness (QED) is 0.520. The molecule has 0 aromatic carbocycles. The van der Waals surface area contributed by atoms with Crippen molar-refractivity contribution < 1.29 is 19.4 Å². The molecule has 0 bridgehead atoms. The summed E-state index contributed by atoms with van der Waals surface area (Å²) in [6.45, 7) is 4.36. The molecule has 10 nitrogen and oxygen atoms in total. The lowest BCUT2D eigenvalue weighted by atomic mass is 9.83. The number of nitrogens with one attached hydrogen (secondary N) is 3. The fourth-order valence-electron chi connectivity index (χ4n) is 3.60. The van der Waals surface area contributed by atoms with Crippen LogP contribution in [0, 0.1) is 0 Å². The Balaban J connectivity index is 0.000000552. The van der Waals surface area contributed by atoms with Gasteiger partial charge in [0.25, 0.3) is 11.9 Å². The van der Waals surface area contributed by atoms with Crippen LogP contribution in [-0.4, -0.2) is 63.8 Å². The maximum Gasteiger partial charge on any atom is 0.300 e. The first kappa shape index (κ1) is 21.3. The second-order valence-electron chi connectivity index (χ2n) is 7.00. The number of hydrogen-bond donors (Lipinski definition) is 4. The van der Waals surface area contributed by atoms with Crippen LogP contribution in [-0.2, 0) is 28.0 Å². The molecule has 29 heavy (non-hydrogen) atoms. The molecule has 0 saturated carbocycles. The van der Waals surface area contributed by atoms with Crippen molar-refractivity contribution in [2.24, 2.45) is 0 Å². The molecule has 0 aliphatic carbocycles. The number of hydrogen-bond acceptors (Lipinski definition) is 8. The number of rotatable bonds is 5. The Kier molecular flexibility index (Phi) is 7.29. The lowest BCUT2D eigenvalue weighted by Crippen LogP contribution is -2.44. The summed E-state index contributed by atoms with van der Waals surface area (Å²) in [5, 5.41) is 27.6. The van der Waals surface area contributed by atoms with Crippen molar-refractivity contribution in [3.8, 4) is 0 Å². The van der Waals surface area contributed by atoms with Gasteiger partial charge < -0.3 is 20.5 Å². The van der Waals surface area contributed by atoms with Gasteiger partial charge in [-0.15, -0.1) is 21.5 Å². The van der Waals surface area contributed by atoms with Crippen LogP contribution in [0.3, 0.4) is 0 Å². The van der Waals surface area contributed by atoms with Crippen molar-refractivity contribution in [2.45, 2.75) is 44.6 Å². The molecule has 4 rings (SSSR count). The molecule has 2 aliphatic heterocycles. The summed E-state index contributed by atoms with van der Waals surface area (Å²) in [4.78, 5) is 23.6. The molecule has 1 saturated heterocycles. The summed E-state index contributed by atoms with van der Waals surface area (Å²) in [5.41, 5.74) is 1.05. The Morgan fingerprint density at radius 3 is 2.83 bits per heavy atom. The molecule has 1 fully saturated rings. The molecular formula is C18H26N6O4S. The van der Waals surface area contributed by atoms with Crippen LogP contribution in [0.2, 0.25) is 0 Å². The molecule has 1 spiro atoms. The van der Waals surface area contributed by atoms with Gasteiger partial charge in [-0.05, 0) is 44.0 Å². The van der Waals surface area contributed by atoms with Crippen LogP contribution in [0.25, 0.3) is 0 Å². The van der Waals surface area contributed by atoms with Crippen LogP contribution >= 0.6 is 11.3 Å². The smallest absolute Gasteiger partial charge is 0.300 e. The Labute approximate surface area is 172 Å². The number of aromatic amines is 1. The van der Waals surface area contributed by atoms with Crippen LogP contribution in [0.4, 0.5) is 0 Å². The molecule has 4 heterocycles. The average Bonchev–Trinajstić information content (AvgIpc) is 3.36. The first-order valence-electron chi connectivity index (χ1n) is 9.68. The molecule has 0 radical (unpaired) electrons. The lowest BCUT2D eigenvalue weighted by Gasteiger charge is -2.40. The third-order valence-corrected chi connectivity index (χ3v) is 6.09. The molecule has 1 amide bonds. The Morgan fingerprint density at radius 2 is 2.14 bits per heavy atom. The SMILES string of the molecule is CC(=O)O.O=C(NCCCc1nn[nH]n1)c1cc2c(s1)CCOC21CCNCC1. The Bertz CT molecular complexity index is 812. The normalized spacial score (nSPS) is 17.1. The number of aromatic nitrogens is 4. The van der Waals surface area contributed by atoms with Crippen LogP contribution in [0.1, 0.15) is 52.1 Å². The van der Waals surface area contributed by atoms with E-state index in [1.165, 1.54) is 10.4 Å². The van der Waals surface area contributed by atoms with Gasteiger partial charge >= 0.3 is 0 Å². The summed E-state index contributed by atoms with van der Waals surface area (Å²) in [7, 11) is 0. The fraction of sp³-hybridized carbons (Fsp3) is 0.611. The zero-order chi connectivity index (χ0) is 20.7. The molecule has 11 heteroatoms. The predicted molar refractivity (Wildman–Crippen MR) is 106 cm³/mol. The summed E-state index contributed by atoms with van der Waals surface area (Å²) in [5.74, 6) is -0.164. The summed E-state index contributed by atoms with van der Waals surface area (Å²) >= 11 is 1.61. The number of carbonyl (C=O) groups is 2. The maximum absolute atomic E-state index is 12.5. The van der Waals surface area contributed by atoms with Crippen molar-refractivity contribution in [1.82, 2.24) is 31.3 Å². The highest BCUT2D eigenvalue weighted by atomic mass is 32.1. The number of H-pyrrole nitrogens is 1. The highest BCUT2D eigenvalue weighted by molar-refractivity contribution is 7.14. The minimum atomic E-state index is -0.833. The largest absolute Gasteiger partial charge is 0.481 e. The van der Waals surface area contributed by atoms with Crippen LogP contribution in [0.5, 0.6) is 0 Å². The van der Waals surface area contributed by atoms with Gasteiger partial charge in [0.2, 0.25) is 0 Å². The topological polar surface area (TPSA) is 142 Å². The van der Waals surface area contributed by atoms with Crippen molar-refractivity contribution in [3.63, 3.8) is 0 Å². The maximum atomic E-state index is 12.5. The average molecular weight is 423 g/mol. The first-order valence-corrected chi connectivity index (χ1v) is 10.5. The molecule has 0 atom stereocenters. The lowest BCUT2D eigenvalue weighted by molar-refractivity contribution is -0.134. The van der Waals surface area contributed by atoms with Gasteiger partial charge in [0.15, 0.2) is 5.82 Å². The predicted octanol–water partition coefficient (Wildman–Crippen LogP) is 0.866. The van der Waals surface area contributed by atoms with Gasteiger partial charge in [0, 0.05) is 31.2 Å². The zero-order valence-electron chi connectivity index (χ0n) is 16.4. The van der Waals surface area contributed by atoms with Gasteiger partial charge in [-0.2, -0.15) is 5.21 Å². The number of carbonyl (C=O) groups excluding carboxylic acids is 1. The van der Waals surface area contributed by atoms with E-state index in [-0.39, 0.29) is 11.5 Å². The minimum absolute atomic E-state index is 0.00315. The van der Waals surface area contributed by atoms with E-state index in [1.54, 1.807) is 11.3 Å². The zero-order valence-corrected chi connectivity index (χ0v) is 17.2. The number of piperidine rings is 1. The number of thiophene rings is 1. The van der Waals surface area contributed by atoms with E-state index in [0.717, 1.165) is 57.2 Å². The number of carboxylic acid groups (broad SMARTS) is 1. The highest BCUT2D eigenvalue weighted by Crippen LogP contribution is 2.43. The Morgan fingerprint density at radius 1 is 1.38 bits per heavy atom.